The Labute approximate surface area is 170 Å². The zero-order valence-electron chi connectivity index (χ0n) is 16.5. The molecule has 0 aromatic rings. The average Bonchev–Trinajstić information content (AvgIpc) is 3.04. The molecule has 0 saturated heterocycles. The minimum absolute atomic E-state index is 0. The molecule has 1 aliphatic rings. The number of aliphatic carboxylic acids is 1. The van der Waals surface area contributed by atoms with Gasteiger partial charge in [0.1, 0.15) is 6.54 Å². The van der Waals surface area contributed by atoms with Crippen molar-refractivity contribution in [3.63, 3.8) is 0 Å². The van der Waals surface area contributed by atoms with Gasteiger partial charge in [-0.15, -0.1) is 0 Å². The Balaban J connectivity index is 0. The van der Waals surface area contributed by atoms with Gasteiger partial charge in [-0.3, -0.25) is 0 Å². The van der Waals surface area contributed by atoms with Crippen molar-refractivity contribution in [2.24, 2.45) is 0 Å². The van der Waals surface area contributed by atoms with Crippen molar-refractivity contribution in [2.75, 3.05) is 13.1 Å². The molecular weight excluding hydrogens is 315 g/mol. The molecule has 0 fully saturated rings. The molecule has 2 atom stereocenters. The Morgan fingerprint density at radius 1 is 1.17 bits per heavy atom. The van der Waals surface area contributed by atoms with E-state index in [1.54, 1.807) is 4.90 Å². The molecule has 1 rings (SSSR count). The maximum atomic E-state index is 11.3. The third-order valence-corrected chi connectivity index (χ3v) is 4.45. The smallest absolute Gasteiger partial charge is 1.00 e. The summed E-state index contributed by atoms with van der Waals surface area (Å²) in [6, 6.07) is -0.699. The molecule has 0 saturated carbocycles. The van der Waals surface area contributed by atoms with Crippen molar-refractivity contribution in [3.05, 3.63) is 4.85 Å². The molecule has 5 nitrogen and oxygen atoms in total. The molecule has 0 amide bonds. The Bertz CT molecular complexity index is 402. The van der Waals surface area contributed by atoms with Crippen LogP contribution in [0.3, 0.4) is 0 Å². The Kier molecular flexibility index (Phi) is 14.8. The van der Waals surface area contributed by atoms with Crippen LogP contribution in [0.15, 0.2) is 0 Å². The van der Waals surface area contributed by atoms with E-state index < -0.39 is 18.1 Å². The van der Waals surface area contributed by atoms with Gasteiger partial charge in [0.2, 0.25) is 12.6 Å². The predicted molar refractivity (Wildman–Crippen MR) is 93.8 cm³/mol. The topological polar surface area (TPSA) is 65.1 Å². The molecule has 1 heterocycles. The normalized spacial score (nSPS) is 15.3. The van der Waals surface area contributed by atoms with Crippen LogP contribution in [-0.2, 0) is 4.79 Å². The largest absolute Gasteiger partial charge is 1.00 e. The van der Waals surface area contributed by atoms with Crippen LogP contribution in [0.25, 0.3) is 4.85 Å². The summed E-state index contributed by atoms with van der Waals surface area (Å²) in [4.78, 5) is 16.8. The number of carbonyl (C=O) groups is 1. The first kappa shape index (κ1) is 23.7. The summed E-state index contributed by atoms with van der Waals surface area (Å²) in [5.41, 5.74) is 0. The van der Waals surface area contributed by atoms with Gasteiger partial charge in [0, 0.05) is 6.42 Å². The second-order valence-corrected chi connectivity index (χ2v) is 6.54. The molecule has 1 aliphatic heterocycles. The van der Waals surface area contributed by atoms with E-state index in [1.165, 1.54) is 44.9 Å². The summed E-state index contributed by atoms with van der Waals surface area (Å²) < 4.78 is 0. The number of carboxylic acids is 1. The summed E-state index contributed by atoms with van der Waals surface area (Å²) in [5.74, 6) is -0.902. The van der Waals surface area contributed by atoms with Gasteiger partial charge in [-0.25, -0.2) is 4.79 Å². The first-order valence-corrected chi connectivity index (χ1v) is 9.24. The minimum Gasteiger partial charge on any atom is -1.00 e. The third-order valence-electron chi connectivity index (χ3n) is 4.45. The molecule has 2 N–H and O–H groups in total. The molecule has 0 aromatic heterocycles. The van der Waals surface area contributed by atoms with Crippen molar-refractivity contribution >= 4 is 5.97 Å². The minimum atomic E-state index is -0.902. The van der Waals surface area contributed by atoms with Crippen molar-refractivity contribution in [2.45, 2.75) is 89.7 Å². The average molecular weight is 349 g/mol. The number of rotatable bonds is 14. The summed E-state index contributed by atoms with van der Waals surface area (Å²) in [7, 11) is 0. The van der Waals surface area contributed by atoms with E-state index >= 15 is 0 Å². The van der Waals surface area contributed by atoms with Gasteiger partial charge in [0.25, 0.3) is 0 Å². The van der Waals surface area contributed by atoms with Crippen LogP contribution < -0.4 is 29.6 Å². The molecular formula is C18H34N2NaO3+. The zero-order chi connectivity index (χ0) is 16.9. The van der Waals surface area contributed by atoms with Crippen molar-refractivity contribution in [1.29, 1.82) is 0 Å². The van der Waals surface area contributed by atoms with Gasteiger partial charge in [-0.2, -0.15) is 9.74 Å². The molecule has 0 bridgehead atoms. The fourth-order valence-corrected chi connectivity index (χ4v) is 3.00. The Morgan fingerprint density at radius 3 is 2.25 bits per heavy atom. The molecule has 0 aromatic carbocycles. The van der Waals surface area contributed by atoms with Crippen LogP contribution in [0.2, 0.25) is 0 Å². The van der Waals surface area contributed by atoms with E-state index in [4.69, 9.17) is 0 Å². The van der Waals surface area contributed by atoms with Gasteiger partial charge in [-0.1, -0.05) is 64.7 Å². The predicted octanol–water partition coefficient (Wildman–Crippen LogP) is 0.834. The number of hydrogen-bond acceptors (Lipinski definition) is 3. The van der Waals surface area contributed by atoms with E-state index in [-0.39, 0.29) is 37.4 Å². The molecule has 134 valence electrons. The first-order valence-electron chi connectivity index (χ1n) is 9.24. The van der Waals surface area contributed by atoms with Crippen LogP contribution in [0.5, 0.6) is 0 Å². The molecule has 24 heavy (non-hydrogen) atoms. The summed E-state index contributed by atoms with van der Waals surface area (Å²) in [5, 5.41) is 19.4. The number of nitrogens with zero attached hydrogens (tertiary/aromatic N) is 2. The quantitative estimate of drug-likeness (QED) is 0.277. The fourth-order valence-electron chi connectivity index (χ4n) is 3.00. The summed E-state index contributed by atoms with van der Waals surface area (Å²) >= 11 is 0. The van der Waals surface area contributed by atoms with Crippen molar-refractivity contribution in [3.8, 4) is 6.19 Å². The van der Waals surface area contributed by atoms with E-state index in [1.807, 2.05) is 0 Å². The third kappa shape index (κ3) is 10.6. The van der Waals surface area contributed by atoms with Crippen LogP contribution in [0.1, 0.15) is 79.0 Å². The van der Waals surface area contributed by atoms with Gasteiger partial charge >= 0.3 is 41.7 Å². The Morgan fingerprint density at radius 2 is 1.75 bits per heavy atom. The van der Waals surface area contributed by atoms with Crippen molar-refractivity contribution < 1.29 is 46.0 Å². The monoisotopic (exact) mass is 349 g/mol. The maximum absolute atomic E-state index is 11.3. The fraction of sp³-hybridized carbons (Fsp3) is 0.889. The van der Waals surface area contributed by atoms with Gasteiger partial charge in [-0.05, 0) is 6.42 Å². The molecule has 0 spiro atoms. The van der Waals surface area contributed by atoms with E-state index in [2.05, 4.69) is 18.0 Å². The standard InChI is InChI=1S/C18H32N2O3.Na.H/c1-2-3-4-5-6-7-8-9-10-11-16(21)14-17(18(22)23)20-13-12-19-15-20;;/h16-17,21H,2-14H2,1H3;;/q;+1;-1/p+1/t16-,17?;;/m0../s1. The second kappa shape index (κ2) is 15.0. The zero-order valence-corrected chi connectivity index (χ0v) is 17.5. The number of unbranched alkanes of at least 4 members (excludes halogenated alkanes) is 8. The van der Waals surface area contributed by atoms with E-state index in [9.17, 15) is 15.0 Å². The summed E-state index contributed by atoms with van der Waals surface area (Å²) in [6.07, 6.45) is 14.3. The van der Waals surface area contributed by atoms with Gasteiger partial charge < -0.3 is 11.6 Å². The molecule has 1 unspecified atom stereocenters. The van der Waals surface area contributed by atoms with E-state index in [0.29, 0.717) is 19.5 Å². The van der Waals surface area contributed by atoms with Crippen LogP contribution in [0.4, 0.5) is 0 Å². The number of hydrogen-bond donors (Lipinski definition) is 2. The maximum Gasteiger partial charge on any atom is 1.00 e. The molecule has 6 heteroatoms. The Hall–Kier alpha value is -0.280. The first-order chi connectivity index (χ1) is 11.1. The second-order valence-electron chi connectivity index (χ2n) is 6.54. The van der Waals surface area contributed by atoms with Crippen LogP contribution >= 0.6 is 0 Å². The van der Waals surface area contributed by atoms with Crippen molar-refractivity contribution in [1.82, 2.24) is 4.90 Å². The number of aliphatic hydroxyl groups is 1. The molecule has 0 aliphatic carbocycles. The van der Waals surface area contributed by atoms with Gasteiger partial charge in [0.05, 0.1) is 6.10 Å². The van der Waals surface area contributed by atoms with E-state index in [0.717, 1.165) is 12.8 Å². The van der Waals surface area contributed by atoms with Crippen LogP contribution in [-0.4, -0.2) is 46.3 Å². The summed E-state index contributed by atoms with van der Waals surface area (Å²) in [6.45, 7) is 3.41. The number of carboxylic acid groups (broad SMARTS) is 1. The molecule has 0 radical (unpaired) electrons. The number of aliphatic hydroxyl groups excluding tert-OH is 1. The van der Waals surface area contributed by atoms with Crippen LogP contribution in [0, 0.1) is 6.19 Å². The van der Waals surface area contributed by atoms with Gasteiger partial charge in [0.15, 0.2) is 0 Å². The SMILES string of the molecule is CCCCCCCCCCC[C@H](O)CC(C(=O)O)N1C#[N+]CC1.[H-].[Na+].